The molecule has 4 aromatic heterocycles. The zero-order chi connectivity index (χ0) is 15.4. The molecule has 0 unspecified atom stereocenters. The Bertz CT molecular complexity index is 1030. The predicted octanol–water partition coefficient (Wildman–Crippen LogP) is 3.59. The van der Waals surface area contributed by atoms with Crippen LogP contribution in [0.3, 0.4) is 0 Å². The first kappa shape index (κ1) is 13.1. The summed E-state index contributed by atoms with van der Waals surface area (Å²) in [6.45, 7) is 1.99. The van der Waals surface area contributed by atoms with Crippen LogP contribution in [-0.2, 0) is 12.8 Å². The van der Waals surface area contributed by atoms with Crippen LogP contribution in [0.25, 0.3) is 27.3 Å². The van der Waals surface area contributed by atoms with Crippen LogP contribution in [-0.4, -0.2) is 24.6 Å². The molecule has 6 heteroatoms. The lowest BCUT2D eigenvalue weighted by atomic mass is 9.97. The van der Waals surface area contributed by atoms with Gasteiger partial charge in [0.05, 0.1) is 5.39 Å². The van der Waals surface area contributed by atoms with Gasteiger partial charge in [-0.1, -0.05) is 0 Å². The summed E-state index contributed by atoms with van der Waals surface area (Å²) in [4.78, 5) is 16.4. The van der Waals surface area contributed by atoms with E-state index in [2.05, 4.69) is 10.1 Å². The van der Waals surface area contributed by atoms with Crippen LogP contribution in [0.15, 0.2) is 24.5 Å². The summed E-state index contributed by atoms with van der Waals surface area (Å²) < 4.78 is 1.88. The first-order chi connectivity index (χ1) is 11.3. The standard InChI is InChI=1S/C17H15N5S/c1-10-19-17-14(12-6-2-3-7-13(12)23-17)16-20-15(21-22(10)16)11-5-4-8-18-9-11/h4-5,8-9H,2-3,6-7H2,1H3. The van der Waals surface area contributed by atoms with Gasteiger partial charge in [-0.3, -0.25) is 4.98 Å². The third kappa shape index (κ3) is 1.91. The van der Waals surface area contributed by atoms with Gasteiger partial charge in [0.1, 0.15) is 10.7 Å². The molecule has 4 aromatic rings. The highest BCUT2D eigenvalue weighted by atomic mass is 32.1. The monoisotopic (exact) mass is 321 g/mol. The highest BCUT2D eigenvalue weighted by molar-refractivity contribution is 7.19. The van der Waals surface area contributed by atoms with Gasteiger partial charge < -0.3 is 0 Å². The third-order valence-electron chi connectivity index (χ3n) is 4.47. The number of aryl methyl sites for hydroxylation is 3. The van der Waals surface area contributed by atoms with Crippen LogP contribution >= 0.6 is 11.3 Å². The zero-order valence-corrected chi connectivity index (χ0v) is 13.6. The Kier molecular flexibility index (Phi) is 2.76. The molecule has 0 fully saturated rings. The van der Waals surface area contributed by atoms with E-state index in [1.807, 2.05) is 34.9 Å². The van der Waals surface area contributed by atoms with E-state index >= 15 is 0 Å². The van der Waals surface area contributed by atoms with Crippen LogP contribution in [0.5, 0.6) is 0 Å². The molecule has 5 nitrogen and oxygen atoms in total. The SMILES string of the molecule is Cc1nc2sc3c(c2c2nc(-c4cccnc4)nn12)CCCC3. The average molecular weight is 321 g/mol. The van der Waals surface area contributed by atoms with Crippen LogP contribution in [0.4, 0.5) is 0 Å². The summed E-state index contributed by atoms with van der Waals surface area (Å²) in [6, 6.07) is 3.90. The molecule has 1 aliphatic carbocycles. The van der Waals surface area contributed by atoms with E-state index < -0.39 is 0 Å². The Hall–Kier alpha value is -2.34. The molecule has 0 bridgehead atoms. The molecule has 0 atom stereocenters. The Morgan fingerprint density at radius 1 is 1.17 bits per heavy atom. The Morgan fingerprint density at radius 2 is 2.09 bits per heavy atom. The van der Waals surface area contributed by atoms with Crippen LogP contribution < -0.4 is 0 Å². The first-order valence-corrected chi connectivity index (χ1v) is 8.71. The van der Waals surface area contributed by atoms with Gasteiger partial charge in [-0.2, -0.15) is 4.52 Å². The summed E-state index contributed by atoms with van der Waals surface area (Å²) in [5, 5.41) is 5.88. The van der Waals surface area contributed by atoms with Crippen molar-refractivity contribution in [1.82, 2.24) is 24.6 Å². The lowest BCUT2D eigenvalue weighted by molar-refractivity contribution is 0.700. The van der Waals surface area contributed by atoms with Crippen molar-refractivity contribution in [2.24, 2.45) is 0 Å². The number of pyridine rings is 1. The number of hydrogen-bond donors (Lipinski definition) is 0. The van der Waals surface area contributed by atoms with Gasteiger partial charge in [0.2, 0.25) is 0 Å². The van der Waals surface area contributed by atoms with E-state index in [0.717, 1.165) is 28.3 Å². The van der Waals surface area contributed by atoms with Crippen LogP contribution in [0.2, 0.25) is 0 Å². The fourth-order valence-corrected chi connectivity index (χ4v) is 4.67. The molecule has 1 aliphatic rings. The second kappa shape index (κ2) is 4.83. The fraction of sp³-hybridized carbons (Fsp3) is 0.294. The molecule has 4 heterocycles. The van der Waals surface area contributed by atoms with Gasteiger partial charge in [-0.05, 0) is 50.3 Å². The topological polar surface area (TPSA) is 56.0 Å². The lowest BCUT2D eigenvalue weighted by Gasteiger charge is -2.10. The quantitative estimate of drug-likeness (QED) is 0.537. The molecule has 0 spiro atoms. The van der Waals surface area contributed by atoms with Gasteiger partial charge in [0, 0.05) is 22.8 Å². The molecular weight excluding hydrogens is 306 g/mol. The van der Waals surface area contributed by atoms with E-state index in [1.165, 1.54) is 35.1 Å². The minimum Gasteiger partial charge on any atom is -0.264 e. The Morgan fingerprint density at radius 3 is 2.96 bits per heavy atom. The largest absolute Gasteiger partial charge is 0.264 e. The molecule has 0 saturated heterocycles. The van der Waals surface area contributed by atoms with E-state index in [9.17, 15) is 0 Å². The molecule has 0 N–H and O–H groups in total. The van der Waals surface area contributed by atoms with Gasteiger partial charge in [-0.15, -0.1) is 16.4 Å². The first-order valence-electron chi connectivity index (χ1n) is 7.89. The van der Waals surface area contributed by atoms with Crippen molar-refractivity contribution in [2.45, 2.75) is 32.6 Å². The van der Waals surface area contributed by atoms with E-state index in [4.69, 9.17) is 9.97 Å². The van der Waals surface area contributed by atoms with Crippen molar-refractivity contribution in [3.63, 3.8) is 0 Å². The molecule has 23 heavy (non-hydrogen) atoms. The van der Waals surface area contributed by atoms with Crippen molar-refractivity contribution >= 4 is 27.2 Å². The number of aromatic nitrogens is 5. The van der Waals surface area contributed by atoms with Crippen molar-refractivity contribution in [3.05, 3.63) is 40.8 Å². The van der Waals surface area contributed by atoms with Gasteiger partial charge in [0.15, 0.2) is 11.5 Å². The zero-order valence-electron chi connectivity index (χ0n) is 12.8. The van der Waals surface area contributed by atoms with E-state index in [0.29, 0.717) is 5.82 Å². The molecule has 0 amide bonds. The van der Waals surface area contributed by atoms with Crippen molar-refractivity contribution in [1.29, 1.82) is 0 Å². The molecule has 114 valence electrons. The number of nitrogens with zero attached hydrogens (tertiary/aromatic N) is 5. The number of thiophene rings is 1. The maximum absolute atomic E-state index is 4.83. The second-order valence-corrected chi connectivity index (χ2v) is 7.05. The summed E-state index contributed by atoms with van der Waals surface area (Å²) >= 11 is 1.83. The van der Waals surface area contributed by atoms with Crippen molar-refractivity contribution in [3.8, 4) is 11.4 Å². The highest BCUT2D eigenvalue weighted by Crippen LogP contribution is 2.37. The van der Waals surface area contributed by atoms with E-state index in [1.54, 1.807) is 12.4 Å². The Balaban J connectivity index is 1.85. The lowest BCUT2D eigenvalue weighted by Crippen LogP contribution is -2.01. The molecule has 0 aliphatic heterocycles. The molecule has 0 aromatic carbocycles. The Labute approximate surface area is 137 Å². The maximum atomic E-state index is 4.83. The fourth-order valence-electron chi connectivity index (χ4n) is 3.37. The predicted molar refractivity (Wildman–Crippen MR) is 90.8 cm³/mol. The molecule has 0 radical (unpaired) electrons. The maximum Gasteiger partial charge on any atom is 0.183 e. The van der Waals surface area contributed by atoms with Gasteiger partial charge in [-0.25, -0.2) is 9.97 Å². The molecule has 0 saturated carbocycles. The van der Waals surface area contributed by atoms with Crippen molar-refractivity contribution in [2.75, 3.05) is 0 Å². The van der Waals surface area contributed by atoms with Crippen molar-refractivity contribution < 1.29 is 0 Å². The highest BCUT2D eigenvalue weighted by Gasteiger charge is 2.22. The summed E-state index contributed by atoms with van der Waals surface area (Å²) in [5.41, 5.74) is 3.32. The van der Waals surface area contributed by atoms with Crippen LogP contribution in [0.1, 0.15) is 29.1 Å². The van der Waals surface area contributed by atoms with Gasteiger partial charge >= 0.3 is 0 Å². The normalized spacial score (nSPS) is 14.5. The molecule has 5 rings (SSSR count). The summed E-state index contributed by atoms with van der Waals surface area (Å²) in [6.07, 6.45) is 8.40. The third-order valence-corrected chi connectivity index (χ3v) is 5.66. The minimum absolute atomic E-state index is 0.714. The van der Waals surface area contributed by atoms with Gasteiger partial charge in [0.25, 0.3) is 0 Å². The number of hydrogen-bond acceptors (Lipinski definition) is 5. The minimum atomic E-state index is 0.714. The average Bonchev–Trinajstić information content (AvgIpc) is 3.17. The smallest absolute Gasteiger partial charge is 0.183 e. The number of rotatable bonds is 1. The molecular formula is C17H15N5S. The number of fused-ring (bicyclic) bond motifs is 5. The van der Waals surface area contributed by atoms with E-state index in [-0.39, 0.29) is 0 Å². The summed E-state index contributed by atoms with van der Waals surface area (Å²) in [7, 11) is 0. The van der Waals surface area contributed by atoms with Crippen LogP contribution in [0, 0.1) is 6.92 Å². The summed E-state index contributed by atoms with van der Waals surface area (Å²) in [5.74, 6) is 1.60. The second-order valence-electron chi connectivity index (χ2n) is 5.96.